The van der Waals surface area contributed by atoms with Gasteiger partial charge in [0.2, 0.25) is 0 Å². The minimum atomic E-state index is -4.31. The fourth-order valence-corrected chi connectivity index (χ4v) is 2.87. The second kappa shape index (κ2) is 8.46. The van der Waals surface area contributed by atoms with E-state index in [-0.39, 0.29) is 19.8 Å². The maximum atomic E-state index is 11.6. The van der Waals surface area contributed by atoms with Gasteiger partial charge in [-0.05, 0) is 38.8 Å². The number of hydrogen-bond acceptors (Lipinski definition) is 5. The lowest BCUT2D eigenvalue weighted by atomic mass is 10.1. The lowest BCUT2D eigenvalue weighted by Crippen LogP contribution is -2.34. The quantitative estimate of drug-likeness (QED) is 0.573. The summed E-state index contributed by atoms with van der Waals surface area (Å²) in [6.07, 6.45) is -0.573. The van der Waals surface area contributed by atoms with Crippen LogP contribution in [0.25, 0.3) is 0 Å². The van der Waals surface area contributed by atoms with Gasteiger partial charge in [0.15, 0.2) is 0 Å². The largest absolute Gasteiger partial charge is 0.444 e. The minimum Gasteiger partial charge on any atom is -0.444 e. The second-order valence-corrected chi connectivity index (χ2v) is 7.96. The summed E-state index contributed by atoms with van der Waals surface area (Å²) >= 11 is 0. The van der Waals surface area contributed by atoms with Gasteiger partial charge in [0.1, 0.15) is 10.9 Å². The number of hydrogen-bond donors (Lipinski definition) is 2. The molecule has 0 heterocycles. The molecular formula is C16H25NO6S. The molecule has 1 aromatic carbocycles. The molecule has 7 nitrogen and oxygen atoms in total. The van der Waals surface area contributed by atoms with Crippen LogP contribution < -0.4 is 5.32 Å². The maximum Gasteiger partial charge on any atom is 0.407 e. The standard InChI is InChI=1S/C16H25NO6S/c1-12-7-5-6-8-13(12)14(24(19,20)21)11-22-10-9-17-15(18)23-16(2,3)4/h5-8,14H,9-11H2,1-4H3,(H,17,18)(H,19,20,21). The van der Waals surface area contributed by atoms with Crippen molar-refractivity contribution in [2.75, 3.05) is 19.8 Å². The molecule has 1 unspecified atom stereocenters. The van der Waals surface area contributed by atoms with Crippen LogP contribution in [-0.4, -0.2) is 44.4 Å². The monoisotopic (exact) mass is 359 g/mol. The lowest BCUT2D eigenvalue weighted by molar-refractivity contribution is 0.0498. The zero-order chi connectivity index (χ0) is 18.4. The van der Waals surface area contributed by atoms with Crippen LogP contribution in [0.3, 0.4) is 0 Å². The van der Waals surface area contributed by atoms with Gasteiger partial charge in [-0.2, -0.15) is 8.42 Å². The molecule has 8 heteroatoms. The van der Waals surface area contributed by atoms with E-state index in [0.29, 0.717) is 5.56 Å². The Morgan fingerprint density at radius 1 is 1.29 bits per heavy atom. The van der Waals surface area contributed by atoms with Gasteiger partial charge in [-0.15, -0.1) is 0 Å². The highest BCUT2D eigenvalue weighted by Crippen LogP contribution is 2.24. The smallest absolute Gasteiger partial charge is 0.407 e. The van der Waals surface area contributed by atoms with Crippen LogP contribution >= 0.6 is 0 Å². The first-order valence-electron chi connectivity index (χ1n) is 7.57. The Balaban J connectivity index is 2.51. The molecule has 0 aliphatic heterocycles. The Morgan fingerprint density at radius 3 is 2.46 bits per heavy atom. The van der Waals surface area contributed by atoms with Crippen LogP contribution in [0.2, 0.25) is 0 Å². The number of amides is 1. The van der Waals surface area contributed by atoms with Crippen molar-refractivity contribution >= 4 is 16.2 Å². The van der Waals surface area contributed by atoms with Crippen molar-refractivity contribution < 1.29 is 27.2 Å². The van der Waals surface area contributed by atoms with Gasteiger partial charge in [0.05, 0.1) is 13.2 Å². The number of benzene rings is 1. The Hall–Kier alpha value is -1.64. The number of carbonyl (C=O) groups is 1. The summed E-state index contributed by atoms with van der Waals surface area (Å²) in [4.78, 5) is 11.5. The summed E-state index contributed by atoms with van der Waals surface area (Å²) < 4.78 is 43.0. The average molecular weight is 359 g/mol. The van der Waals surface area contributed by atoms with E-state index < -0.39 is 27.1 Å². The van der Waals surface area contributed by atoms with Gasteiger partial charge < -0.3 is 14.8 Å². The third-order valence-electron chi connectivity index (χ3n) is 3.08. The molecule has 1 amide bonds. The molecule has 1 aromatic rings. The number of rotatable bonds is 7. The molecule has 1 rings (SSSR count). The van der Waals surface area contributed by atoms with E-state index in [0.717, 1.165) is 5.56 Å². The minimum absolute atomic E-state index is 0.0944. The Morgan fingerprint density at radius 2 is 1.92 bits per heavy atom. The summed E-state index contributed by atoms with van der Waals surface area (Å²) in [7, 11) is -4.31. The number of aryl methyl sites for hydroxylation is 1. The van der Waals surface area contributed by atoms with E-state index in [1.54, 1.807) is 52.0 Å². The van der Waals surface area contributed by atoms with Gasteiger partial charge >= 0.3 is 6.09 Å². The van der Waals surface area contributed by atoms with Gasteiger partial charge in [-0.1, -0.05) is 24.3 Å². The molecule has 0 spiro atoms. The molecule has 0 fully saturated rings. The molecule has 0 aliphatic carbocycles. The van der Waals surface area contributed by atoms with E-state index in [1.807, 2.05) is 0 Å². The summed E-state index contributed by atoms with van der Waals surface area (Å²) in [5.41, 5.74) is 0.641. The number of ether oxygens (including phenoxy) is 2. The SMILES string of the molecule is Cc1ccccc1C(COCCNC(=O)OC(C)(C)C)S(=O)(=O)O. The van der Waals surface area contributed by atoms with Gasteiger partial charge in [-0.25, -0.2) is 4.79 Å². The zero-order valence-corrected chi connectivity index (χ0v) is 15.2. The molecule has 0 saturated heterocycles. The van der Waals surface area contributed by atoms with Crippen molar-refractivity contribution in [1.29, 1.82) is 0 Å². The highest BCUT2D eigenvalue weighted by atomic mass is 32.2. The molecule has 2 N–H and O–H groups in total. The maximum absolute atomic E-state index is 11.6. The molecule has 0 bridgehead atoms. The van der Waals surface area contributed by atoms with E-state index in [4.69, 9.17) is 9.47 Å². The molecule has 136 valence electrons. The predicted octanol–water partition coefficient (Wildman–Crippen LogP) is 2.47. The van der Waals surface area contributed by atoms with Crippen molar-refractivity contribution in [3.8, 4) is 0 Å². The number of alkyl carbamates (subject to hydrolysis) is 1. The zero-order valence-electron chi connectivity index (χ0n) is 14.4. The van der Waals surface area contributed by atoms with Crippen LogP contribution in [-0.2, 0) is 19.6 Å². The van der Waals surface area contributed by atoms with Crippen LogP contribution in [0.1, 0.15) is 37.1 Å². The second-order valence-electron chi connectivity index (χ2n) is 6.36. The van der Waals surface area contributed by atoms with E-state index >= 15 is 0 Å². The van der Waals surface area contributed by atoms with Crippen molar-refractivity contribution in [1.82, 2.24) is 5.32 Å². The molecular weight excluding hydrogens is 334 g/mol. The third kappa shape index (κ3) is 7.29. The summed E-state index contributed by atoms with van der Waals surface area (Å²) in [6.45, 7) is 7.07. The first kappa shape index (κ1) is 20.4. The van der Waals surface area contributed by atoms with Crippen LogP contribution in [0.4, 0.5) is 4.79 Å². The van der Waals surface area contributed by atoms with Crippen LogP contribution in [0, 0.1) is 6.92 Å². The highest BCUT2D eigenvalue weighted by molar-refractivity contribution is 7.86. The molecule has 1 atom stereocenters. The van der Waals surface area contributed by atoms with Crippen molar-refractivity contribution in [3.05, 3.63) is 35.4 Å². The lowest BCUT2D eigenvalue weighted by Gasteiger charge is -2.20. The van der Waals surface area contributed by atoms with Crippen LogP contribution in [0.5, 0.6) is 0 Å². The fourth-order valence-electron chi connectivity index (χ4n) is 2.01. The molecule has 0 saturated carbocycles. The topological polar surface area (TPSA) is 102 Å². The van der Waals surface area contributed by atoms with Crippen molar-refractivity contribution in [3.63, 3.8) is 0 Å². The molecule has 0 aliphatic rings. The first-order chi connectivity index (χ1) is 11.0. The van der Waals surface area contributed by atoms with Gasteiger partial charge in [-0.3, -0.25) is 4.55 Å². The van der Waals surface area contributed by atoms with Crippen LogP contribution in [0.15, 0.2) is 24.3 Å². The van der Waals surface area contributed by atoms with Crippen molar-refractivity contribution in [2.24, 2.45) is 0 Å². The van der Waals surface area contributed by atoms with Crippen molar-refractivity contribution in [2.45, 2.75) is 38.5 Å². The Bertz CT molecular complexity index is 651. The summed E-state index contributed by atoms with van der Waals surface area (Å²) in [5.74, 6) is 0. The van der Waals surface area contributed by atoms with E-state index in [2.05, 4.69) is 5.32 Å². The van der Waals surface area contributed by atoms with Gasteiger partial charge in [0.25, 0.3) is 10.1 Å². The summed E-state index contributed by atoms with van der Waals surface area (Å²) in [6, 6.07) is 6.88. The predicted molar refractivity (Wildman–Crippen MR) is 90.5 cm³/mol. The normalized spacial score (nSPS) is 13.4. The Labute approximate surface area is 143 Å². The molecule has 0 aromatic heterocycles. The van der Waals surface area contributed by atoms with E-state index in [9.17, 15) is 17.8 Å². The molecule has 0 radical (unpaired) electrons. The number of carbonyl (C=O) groups excluding carboxylic acids is 1. The number of nitrogens with one attached hydrogen (secondary N) is 1. The average Bonchev–Trinajstić information content (AvgIpc) is 2.40. The third-order valence-corrected chi connectivity index (χ3v) is 4.19. The highest BCUT2D eigenvalue weighted by Gasteiger charge is 2.26. The summed E-state index contributed by atoms with van der Waals surface area (Å²) in [5, 5.41) is 1.34. The Kier molecular flexibility index (Phi) is 7.19. The van der Waals surface area contributed by atoms with Gasteiger partial charge in [0, 0.05) is 6.54 Å². The molecule has 24 heavy (non-hydrogen) atoms. The first-order valence-corrected chi connectivity index (χ1v) is 9.07. The van der Waals surface area contributed by atoms with E-state index in [1.165, 1.54) is 0 Å². The fraction of sp³-hybridized carbons (Fsp3) is 0.562.